The molecule has 0 aliphatic carbocycles. The highest BCUT2D eigenvalue weighted by Crippen LogP contribution is 2.25. The maximum Gasteiger partial charge on any atom is 0.188 e. The lowest BCUT2D eigenvalue weighted by Crippen LogP contribution is -2.52. The molecule has 1 heterocycles. The molecule has 0 unspecified atom stereocenters. The summed E-state index contributed by atoms with van der Waals surface area (Å²) in [4.78, 5) is 0. The van der Waals surface area contributed by atoms with Crippen LogP contribution in [0.25, 0.3) is 0 Å². The topological polar surface area (TPSA) is 36.9 Å². The standard InChI is InChI=1S/C8H16O4/c1-7(9-3)5-12-8(2,10-4)6-11-7/h5-6H2,1-4H3/t7-,8-/m1/s1. The second-order valence-electron chi connectivity index (χ2n) is 3.25. The van der Waals surface area contributed by atoms with Crippen LogP contribution in [0.4, 0.5) is 0 Å². The van der Waals surface area contributed by atoms with Gasteiger partial charge in [-0.1, -0.05) is 0 Å². The summed E-state index contributed by atoms with van der Waals surface area (Å²) in [6.45, 7) is 4.44. The predicted octanol–water partition coefficient (Wildman–Crippen LogP) is 0.758. The van der Waals surface area contributed by atoms with Crippen LogP contribution in [0.3, 0.4) is 0 Å². The molecule has 0 radical (unpaired) electrons. The van der Waals surface area contributed by atoms with E-state index in [-0.39, 0.29) is 0 Å². The molecule has 4 heteroatoms. The summed E-state index contributed by atoms with van der Waals surface area (Å²) in [5.41, 5.74) is 0. The van der Waals surface area contributed by atoms with Crippen LogP contribution >= 0.6 is 0 Å². The first-order valence-corrected chi connectivity index (χ1v) is 3.92. The lowest BCUT2D eigenvalue weighted by Gasteiger charge is -2.41. The number of hydrogen-bond acceptors (Lipinski definition) is 4. The molecule has 1 aliphatic rings. The highest BCUT2D eigenvalue weighted by molar-refractivity contribution is 4.73. The molecule has 2 atom stereocenters. The SMILES string of the molecule is CO[C@@]1(C)CO[C@@](C)(OC)CO1. The molecule has 0 bridgehead atoms. The van der Waals surface area contributed by atoms with Gasteiger partial charge in [-0.05, 0) is 13.8 Å². The fraction of sp³-hybridized carbons (Fsp3) is 1.00. The number of ether oxygens (including phenoxy) is 4. The third kappa shape index (κ3) is 1.95. The molecule has 1 aliphatic heterocycles. The van der Waals surface area contributed by atoms with Crippen molar-refractivity contribution in [3.8, 4) is 0 Å². The Hall–Kier alpha value is -0.160. The lowest BCUT2D eigenvalue weighted by molar-refractivity contribution is -0.365. The number of hydrogen-bond donors (Lipinski definition) is 0. The molecule has 4 nitrogen and oxygen atoms in total. The van der Waals surface area contributed by atoms with Gasteiger partial charge in [0.25, 0.3) is 0 Å². The van der Waals surface area contributed by atoms with E-state index in [4.69, 9.17) is 18.9 Å². The molecular formula is C8H16O4. The van der Waals surface area contributed by atoms with Crippen LogP contribution in [0.2, 0.25) is 0 Å². The zero-order chi connectivity index (χ0) is 9.24. The molecule has 0 amide bonds. The van der Waals surface area contributed by atoms with E-state index in [0.717, 1.165) is 0 Å². The van der Waals surface area contributed by atoms with E-state index in [9.17, 15) is 0 Å². The third-order valence-corrected chi connectivity index (χ3v) is 2.14. The van der Waals surface area contributed by atoms with Crippen molar-refractivity contribution in [2.75, 3.05) is 27.4 Å². The van der Waals surface area contributed by atoms with E-state index in [1.54, 1.807) is 14.2 Å². The summed E-state index contributed by atoms with van der Waals surface area (Å²) in [5.74, 6) is -1.25. The average molecular weight is 176 g/mol. The van der Waals surface area contributed by atoms with Crippen molar-refractivity contribution < 1.29 is 18.9 Å². The van der Waals surface area contributed by atoms with Crippen molar-refractivity contribution in [2.45, 2.75) is 25.4 Å². The zero-order valence-electron chi connectivity index (χ0n) is 8.05. The molecular weight excluding hydrogens is 160 g/mol. The van der Waals surface area contributed by atoms with Crippen LogP contribution in [-0.2, 0) is 18.9 Å². The molecule has 72 valence electrons. The fourth-order valence-electron chi connectivity index (χ4n) is 0.887. The molecule has 0 N–H and O–H groups in total. The van der Waals surface area contributed by atoms with Crippen LogP contribution in [0.1, 0.15) is 13.8 Å². The van der Waals surface area contributed by atoms with E-state index in [2.05, 4.69) is 0 Å². The van der Waals surface area contributed by atoms with Crippen LogP contribution in [-0.4, -0.2) is 39.0 Å². The number of rotatable bonds is 2. The molecule has 1 saturated heterocycles. The van der Waals surface area contributed by atoms with Crippen LogP contribution in [0, 0.1) is 0 Å². The van der Waals surface area contributed by atoms with Gasteiger partial charge in [-0.15, -0.1) is 0 Å². The van der Waals surface area contributed by atoms with Crippen LogP contribution in [0.5, 0.6) is 0 Å². The quantitative estimate of drug-likeness (QED) is 0.622. The second-order valence-corrected chi connectivity index (χ2v) is 3.25. The lowest BCUT2D eigenvalue weighted by atomic mass is 10.2. The Labute approximate surface area is 72.7 Å². The van der Waals surface area contributed by atoms with Crippen LogP contribution in [0.15, 0.2) is 0 Å². The molecule has 0 spiro atoms. The van der Waals surface area contributed by atoms with Gasteiger partial charge < -0.3 is 18.9 Å². The smallest absolute Gasteiger partial charge is 0.188 e. The van der Waals surface area contributed by atoms with Crippen molar-refractivity contribution in [3.63, 3.8) is 0 Å². The first-order valence-electron chi connectivity index (χ1n) is 3.92. The van der Waals surface area contributed by atoms with E-state index >= 15 is 0 Å². The Morgan fingerprint density at radius 3 is 1.42 bits per heavy atom. The minimum atomic E-state index is -0.627. The average Bonchev–Trinajstić information content (AvgIpc) is 2.11. The third-order valence-electron chi connectivity index (χ3n) is 2.14. The van der Waals surface area contributed by atoms with Gasteiger partial charge in [0.2, 0.25) is 0 Å². The molecule has 1 rings (SSSR count). The Kier molecular flexibility index (Phi) is 2.73. The fourth-order valence-corrected chi connectivity index (χ4v) is 0.887. The Morgan fingerprint density at radius 2 is 1.25 bits per heavy atom. The van der Waals surface area contributed by atoms with Crippen molar-refractivity contribution in [1.29, 1.82) is 0 Å². The molecule has 0 aromatic carbocycles. The van der Waals surface area contributed by atoms with Gasteiger partial charge in [0.05, 0.1) is 0 Å². The number of methoxy groups -OCH3 is 2. The van der Waals surface area contributed by atoms with Gasteiger partial charge in [-0.3, -0.25) is 0 Å². The van der Waals surface area contributed by atoms with Gasteiger partial charge in [-0.2, -0.15) is 0 Å². The van der Waals surface area contributed by atoms with Gasteiger partial charge in [0.1, 0.15) is 13.2 Å². The van der Waals surface area contributed by atoms with Crippen LogP contribution < -0.4 is 0 Å². The highest BCUT2D eigenvalue weighted by Gasteiger charge is 2.39. The van der Waals surface area contributed by atoms with E-state index in [1.807, 2.05) is 13.8 Å². The highest BCUT2D eigenvalue weighted by atomic mass is 16.8. The summed E-state index contributed by atoms with van der Waals surface area (Å²) in [6, 6.07) is 0. The van der Waals surface area contributed by atoms with Gasteiger partial charge >= 0.3 is 0 Å². The van der Waals surface area contributed by atoms with E-state index in [1.165, 1.54) is 0 Å². The first kappa shape index (κ1) is 9.92. The van der Waals surface area contributed by atoms with Crippen molar-refractivity contribution >= 4 is 0 Å². The minimum Gasteiger partial charge on any atom is -0.351 e. The summed E-state index contributed by atoms with van der Waals surface area (Å²) < 4.78 is 21.1. The Morgan fingerprint density at radius 1 is 0.917 bits per heavy atom. The van der Waals surface area contributed by atoms with Crippen molar-refractivity contribution in [3.05, 3.63) is 0 Å². The molecule has 0 aromatic rings. The summed E-state index contributed by atoms with van der Waals surface area (Å²) >= 11 is 0. The second kappa shape index (κ2) is 3.30. The van der Waals surface area contributed by atoms with Gasteiger partial charge in [0, 0.05) is 14.2 Å². The Balaban J connectivity index is 2.49. The largest absolute Gasteiger partial charge is 0.351 e. The van der Waals surface area contributed by atoms with E-state index < -0.39 is 11.6 Å². The summed E-state index contributed by atoms with van der Waals surface area (Å²) in [5, 5.41) is 0. The molecule has 1 fully saturated rings. The predicted molar refractivity (Wildman–Crippen MR) is 42.7 cm³/mol. The summed E-state index contributed by atoms with van der Waals surface area (Å²) in [7, 11) is 3.19. The normalized spacial score (nSPS) is 43.0. The van der Waals surface area contributed by atoms with Gasteiger partial charge in [0.15, 0.2) is 11.6 Å². The Bertz CT molecular complexity index is 131. The maximum atomic E-state index is 5.45. The minimum absolute atomic E-state index is 0.383. The van der Waals surface area contributed by atoms with Crippen molar-refractivity contribution in [1.82, 2.24) is 0 Å². The molecule has 12 heavy (non-hydrogen) atoms. The monoisotopic (exact) mass is 176 g/mol. The zero-order valence-corrected chi connectivity index (χ0v) is 8.05. The summed E-state index contributed by atoms with van der Waals surface area (Å²) in [6.07, 6.45) is 0. The maximum absolute atomic E-state index is 5.45. The van der Waals surface area contributed by atoms with E-state index in [0.29, 0.717) is 13.2 Å². The first-order chi connectivity index (χ1) is 5.54. The molecule has 0 saturated carbocycles. The van der Waals surface area contributed by atoms with Gasteiger partial charge in [-0.25, -0.2) is 0 Å². The molecule has 0 aromatic heterocycles. The van der Waals surface area contributed by atoms with Crippen molar-refractivity contribution in [2.24, 2.45) is 0 Å².